The van der Waals surface area contributed by atoms with Crippen molar-refractivity contribution < 1.29 is 23.5 Å². The highest BCUT2D eigenvalue weighted by molar-refractivity contribution is 9.10. The van der Waals surface area contributed by atoms with Gasteiger partial charge in [0.15, 0.2) is 22.6 Å². The van der Waals surface area contributed by atoms with Crippen LogP contribution in [0.1, 0.15) is 25.2 Å². The number of amides is 2. The number of ether oxygens (including phenoxy) is 2. The van der Waals surface area contributed by atoms with E-state index in [1.165, 1.54) is 7.11 Å². The van der Waals surface area contributed by atoms with Gasteiger partial charge >= 0.3 is 6.09 Å². The van der Waals surface area contributed by atoms with Crippen LogP contribution in [-0.4, -0.2) is 140 Å². The normalized spacial score (nSPS) is 18.9. The lowest BCUT2D eigenvalue weighted by atomic mass is 10.1. The van der Waals surface area contributed by atoms with E-state index in [9.17, 15) is 9.59 Å². The van der Waals surface area contributed by atoms with Crippen molar-refractivity contribution in [3.8, 4) is 5.88 Å². The van der Waals surface area contributed by atoms with E-state index >= 15 is 4.39 Å². The molecule has 2 aliphatic rings. The highest BCUT2D eigenvalue weighted by Crippen LogP contribution is 2.31. The summed E-state index contributed by atoms with van der Waals surface area (Å²) in [5.74, 6) is 2.00. The number of benzene rings is 1. The van der Waals surface area contributed by atoms with Gasteiger partial charge in [0.1, 0.15) is 24.3 Å². The van der Waals surface area contributed by atoms with Crippen LogP contribution >= 0.6 is 15.9 Å². The van der Waals surface area contributed by atoms with Gasteiger partial charge in [-0.25, -0.2) is 19.2 Å². The van der Waals surface area contributed by atoms with Crippen LogP contribution in [0.2, 0.25) is 0 Å². The summed E-state index contributed by atoms with van der Waals surface area (Å²) in [6.45, 7) is 10.4. The zero-order valence-corrected chi connectivity index (χ0v) is 37.5. The Hall–Kier alpha value is -7.11. The van der Waals surface area contributed by atoms with E-state index in [4.69, 9.17) is 24.4 Å². The number of aromatic nitrogens is 12. The van der Waals surface area contributed by atoms with Crippen LogP contribution in [0.5, 0.6) is 5.88 Å². The number of halogens is 2. The Morgan fingerprint density at radius 3 is 2.55 bits per heavy atom. The Labute approximate surface area is 373 Å². The van der Waals surface area contributed by atoms with E-state index in [1.807, 2.05) is 37.8 Å². The van der Waals surface area contributed by atoms with Crippen molar-refractivity contribution in [3.63, 3.8) is 0 Å². The molecule has 2 saturated heterocycles. The van der Waals surface area contributed by atoms with Gasteiger partial charge in [-0.05, 0) is 54.4 Å². The van der Waals surface area contributed by atoms with Crippen molar-refractivity contribution >= 4 is 85.1 Å². The highest BCUT2D eigenvalue weighted by atomic mass is 79.9. The molecule has 24 heteroatoms. The van der Waals surface area contributed by atoms with Crippen molar-refractivity contribution in [1.82, 2.24) is 69.1 Å². The topological polar surface area (TPSA) is 232 Å². The van der Waals surface area contributed by atoms with Crippen LogP contribution in [0.15, 0.2) is 53.5 Å². The monoisotopic (exact) mass is 940 g/mol. The molecule has 2 fully saturated rings. The minimum absolute atomic E-state index is 0.0340. The minimum atomic E-state index is -1.45. The van der Waals surface area contributed by atoms with Crippen molar-refractivity contribution in [2.75, 3.05) is 60.3 Å². The maximum atomic E-state index is 15.6. The Morgan fingerprint density at radius 2 is 1.77 bits per heavy atom. The second-order valence-electron chi connectivity index (χ2n) is 16.1. The number of H-pyrrole nitrogens is 1. The Kier molecular flexibility index (Phi) is 11.1. The maximum Gasteiger partial charge on any atom is 0.410 e. The van der Waals surface area contributed by atoms with Crippen LogP contribution in [0.4, 0.5) is 38.5 Å². The fourth-order valence-electron chi connectivity index (χ4n) is 8.04. The van der Waals surface area contributed by atoms with Gasteiger partial charge in [0.05, 0.1) is 72.6 Å². The molecule has 0 radical (unpaired) electrons. The Balaban J connectivity index is 0.806. The molecule has 6 aromatic heterocycles. The summed E-state index contributed by atoms with van der Waals surface area (Å²) < 4.78 is 32.2. The van der Waals surface area contributed by atoms with Crippen LogP contribution < -0.4 is 30.5 Å². The Bertz CT molecular complexity index is 2920. The molecule has 0 saturated carbocycles. The van der Waals surface area contributed by atoms with Crippen molar-refractivity contribution in [1.29, 1.82) is 0 Å². The van der Waals surface area contributed by atoms with Crippen LogP contribution in [0, 0.1) is 6.92 Å². The van der Waals surface area contributed by atoms with E-state index in [0.717, 1.165) is 22.4 Å². The molecule has 0 unspecified atom stereocenters. The molecular formula is C40H46BrFN18O4. The number of piperazine rings is 1. The fourth-order valence-corrected chi connectivity index (χ4v) is 8.39. The molecule has 9 rings (SSSR count). The second-order valence-corrected chi connectivity index (χ2v) is 16.9. The maximum absolute atomic E-state index is 15.6. The van der Waals surface area contributed by atoms with Gasteiger partial charge in [-0.1, -0.05) is 12.6 Å². The summed E-state index contributed by atoms with van der Waals surface area (Å²) in [7, 11) is 5.07. The summed E-state index contributed by atoms with van der Waals surface area (Å²) in [6.07, 6.45) is 2.94. The molecule has 8 heterocycles. The predicted molar refractivity (Wildman–Crippen MR) is 238 cm³/mol. The predicted octanol–water partition coefficient (Wildman–Crippen LogP) is 3.78. The van der Waals surface area contributed by atoms with Gasteiger partial charge in [-0.3, -0.25) is 14.4 Å². The number of nitrogens with zero attached hydrogens (tertiary/aromatic N) is 14. The smallest absolute Gasteiger partial charge is 0.410 e. The first-order valence-corrected chi connectivity index (χ1v) is 21.2. The number of alkyl halides is 1. The van der Waals surface area contributed by atoms with Crippen molar-refractivity contribution in [2.45, 2.75) is 51.6 Å². The van der Waals surface area contributed by atoms with Crippen LogP contribution in [0.25, 0.3) is 27.8 Å². The molecule has 1 aromatic carbocycles. The second kappa shape index (κ2) is 16.9. The quantitative estimate of drug-likeness (QED) is 0.128. The Morgan fingerprint density at radius 1 is 1.02 bits per heavy atom. The molecule has 0 bridgehead atoms. The molecule has 64 heavy (non-hydrogen) atoms. The van der Waals surface area contributed by atoms with E-state index in [-0.39, 0.29) is 43.3 Å². The third-order valence-corrected chi connectivity index (χ3v) is 11.7. The van der Waals surface area contributed by atoms with Gasteiger partial charge in [0.2, 0.25) is 23.8 Å². The average molecular weight is 942 g/mol. The largest absolute Gasteiger partial charge is 0.478 e. The number of carbonyl (C=O) groups is 2. The molecular weight excluding hydrogens is 895 g/mol. The molecule has 2 aliphatic heterocycles. The molecule has 4 N–H and O–H groups in total. The molecule has 334 valence electrons. The van der Waals surface area contributed by atoms with Crippen molar-refractivity contribution in [3.05, 3.63) is 64.9 Å². The average Bonchev–Trinajstić information content (AvgIpc) is 4.10. The van der Waals surface area contributed by atoms with E-state index in [2.05, 4.69) is 74.7 Å². The molecule has 0 spiro atoms. The van der Waals surface area contributed by atoms with E-state index in [1.54, 1.807) is 56.4 Å². The molecule has 2 amide bonds. The number of aryl methyl sites for hydroxylation is 3. The number of imidazole rings is 2. The highest BCUT2D eigenvalue weighted by Gasteiger charge is 2.38. The lowest BCUT2D eigenvalue weighted by molar-refractivity contribution is -0.118. The van der Waals surface area contributed by atoms with Gasteiger partial charge in [-0.2, -0.15) is 29.5 Å². The van der Waals surface area contributed by atoms with E-state index in [0.29, 0.717) is 70.2 Å². The van der Waals surface area contributed by atoms with Gasteiger partial charge < -0.3 is 44.8 Å². The third kappa shape index (κ3) is 8.15. The lowest BCUT2D eigenvalue weighted by Gasteiger charge is -2.43. The van der Waals surface area contributed by atoms with E-state index < -0.39 is 24.2 Å². The number of hydrogen-bond acceptors (Lipinski definition) is 16. The first-order chi connectivity index (χ1) is 30.7. The summed E-state index contributed by atoms with van der Waals surface area (Å²) in [5, 5.41) is 18.0. The number of methoxy groups -OCH3 is 1. The molecule has 22 nitrogen and oxygen atoms in total. The summed E-state index contributed by atoms with van der Waals surface area (Å²) >= 11 is 3.56. The zero-order valence-electron chi connectivity index (χ0n) is 35.9. The SMILES string of the molecule is C=C(COC(=O)N1[C@H](C)CN(c2nc(NCc3nc4ccc(C)cc4[nH]3)n3ncc(Br)c3n2)C[C@@H]1C)C(=O)N[C@@H]1CN(c2nc(Nc3cn(C)nc3OC)c3ncn(C)c3n2)C[C@H]1F. The molecule has 7 aromatic rings. The first kappa shape index (κ1) is 42.2. The van der Waals surface area contributed by atoms with Crippen LogP contribution in [-0.2, 0) is 30.2 Å². The van der Waals surface area contributed by atoms with Gasteiger partial charge in [-0.15, -0.1) is 5.10 Å². The number of carbonyl (C=O) groups excluding carboxylic acids is 2. The standard InChI is InChI=1S/C40H46BrFN18O4/c1-20-8-9-26-27(10-20)47-30(46-26)12-43-37-53-39(51-33-24(41)11-45-60(33)37)57-13-22(3)59(23(4)14-57)40(62)64-18-21(2)35(61)49-28-17-58(15-25(28)42)38-50-32(31-34(52-38)55(5)19-44-31)48-29-16-56(6)54-36(29)63-7/h8-11,16,19,22-23,25,28H,2,12-15,17-18H2,1,3-7H3,(H,46,47)(H,49,61)(H,43,51,53)(H,48,50,52)/t22-,23+,25-,28-/m1/s1. The molecule has 0 aliphatic carbocycles. The summed E-state index contributed by atoms with van der Waals surface area (Å²) in [6, 6.07) is 4.49. The molecule has 4 atom stereocenters. The number of rotatable bonds is 12. The van der Waals surface area contributed by atoms with Crippen molar-refractivity contribution in [2.24, 2.45) is 14.1 Å². The van der Waals surface area contributed by atoms with Gasteiger partial charge in [0, 0.05) is 39.3 Å². The number of aromatic amines is 1. The van der Waals surface area contributed by atoms with Crippen LogP contribution in [0.3, 0.4) is 0 Å². The lowest BCUT2D eigenvalue weighted by Crippen LogP contribution is -2.59. The number of fused-ring (bicyclic) bond motifs is 3. The zero-order chi connectivity index (χ0) is 45.0. The third-order valence-electron chi connectivity index (χ3n) is 11.2. The number of nitrogens with one attached hydrogen (secondary N) is 4. The number of anilines is 5. The van der Waals surface area contributed by atoms with Gasteiger partial charge in [0.25, 0.3) is 5.88 Å². The first-order valence-electron chi connectivity index (χ1n) is 20.4. The number of hydrogen-bond donors (Lipinski definition) is 4. The fraction of sp³-hybridized carbons (Fsp3) is 0.400. The minimum Gasteiger partial charge on any atom is -0.478 e. The summed E-state index contributed by atoms with van der Waals surface area (Å²) in [4.78, 5) is 63.6. The summed E-state index contributed by atoms with van der Waals surface area (Å²) in [5.41, 5.74) is 5.06.